The number of halogens is 4. The number of carbonyl (C=O) groups is 1. The third kappa shape index (κ3) is 3.39. The van der Waals surface area contributed by atoms with Gasteiger partial charge in [0.05, 0.1) is 26.5 Å². The molecule has 1 aromatic carbocycles. The zero-order chi connectivity index (χ0) is 18.4. The molecule has 0 saturated heterocycles. The summed E-state index contributed by atoms with van der Waals surface area (Å²) in [6.07, 6.45) is -4.51. The van der Waals surface area contributed by atoms with Gasteiger partial charge in [0.25, 0.3) is 5.91 Å². The Hall–Kier alpha value is -1.99. The predicted molar refractivity (Wildman–Crippen MR) is 94.6 cm³/mol. The average Bonchev–Trinajstić information content (AvgIpc) is 3.08. The molecule has 132 valence electrons. The monoisotopic (exact) mass is 386 g/mol. The molecule has 0 bridgehead atoms. The largest absolute Gasteiger partial charge is 0.416 e. The van der Waals surface area contributed by atoms with Gasteiger partial charge in [-0.25, -0.2) is 0 Å². The number of aromatic nitrogens is 1. The molecule has 0 saturated carbocycles. The third-order valence-corrected chi connectivity index (χ3v) is 4.93. The van der Waals surface area contributed by atoms with Crippen LogP contribution in [0.15, 0.2) is 35.7 Å². The van der Waals surface area contributed by atoms with Gasteiger partial charge in [-0.15, -0.1) is 11.3 Å². The van der Waals surface area contributed by atoms with Gasteiger partial charge >= 0.3 is 6.18 Å². The molecule has 3 rings (SSSR count). The number of nitrogens with one attached hydrogen (secondary N) is 1. The van der Waals surface area contributed by atoms with E-state index >= 15 is 0 Å². The summed E-state index contributed by atoms with van der Waals surface area (Å²) in [7, 11) is 0. The topological polar surface area (TPSA) is 34.0 Å². The number of fused-ring (bicyclic) bond motifs is 1. The number of anilines is 1. The van der Waals surface area contributed by atoms with E-state index in [0.717, 1.165) is 28.4 Å². The van der Waals surface area contributed by atoms with E-state index in [-0.39, 0.29) is 16.8 Å². The van der Waals surface area contributed by atoms with Crippen LogP contribution < -0.4 is 5.32 Å². The second kappa shape index (κ2) is 6.38. The highest BCUT2D eigenvalue weighted by Gasteiger charge is 2.31. The summed E-state index contributed by atoms with van der Waals surface area (Å²) in [6.45, 7) is 3.87. The Labute approximate surface area is 151 Å². The van der Waals surface area contributed by atoms with Crippen LogP contribution in [-0.4, -0.2) is 10.5 Å². The molecule has 3 nitrogen and oxygen atoms in total. The van der Waals surface area contributed by atoms with Crippen molar-refractivity contribution in [3.05, 3.63) is 52.0 Å². The summed E-state index contributed by atoms with van der Waals surface area (Å²) in [5.74, 6) is -0.502. The molecule has 1 amide bonds. The smallest absolute Gasteiger partial charge is 0.333 e. The zero-order valence-corrected chi connectivity index (χ0v) is 14.9. The van der Waals surface area contributed by atoms with E-state index in [1.807, 2.05) is 29.9 Å². The highest BCUT2D eigenvalue weighted by atomic mass is 35.5. The van der Waals surface area contributed by atoms with E-state index in [4.69, 9.17) is 11.6 Å². The van der Waals surface area contributed by atoms with Crippen LogP contribution >= 0.6 is 22.9 Å². The van der Waals surface area contributed by atoms with E-state index in [1.54, 1.807) is 6.07 Å². The van der Waals surface area contributed by atoms with Crippen molar-refractivity contribution in [1.29, 1.82) is 0 Å². The van der Waals surface area contributed by atoms with Crippen molar-refractivity contribution in [2.45, 2.75) is 26.1 Å². The van der Waals surface area contributed by atoms with Crippen LogP contribution in [0.25, 0.3) is 10.2 Å². The fourth-order valence-electron chi connectivity index (χ4n) is 2.66. The molecule has 2 aromatic heterocycles. The van der Waals surface area contributed by atoms with Gasteiger partial charge in [0.15, 0.2) is 0 Å². The molecular formula is C17H14ClF3N2OS. The van der Waals surface area contributed by atoms with Crippen molar-refractivity contribution in [3.8, 4) is 0 Å². The van der Waals surface area contributed by atoms with Crippen molar-refractivity contribution in [1.82, 2.24) is 4.57 Å². The fourth-order valence-corrected chi connectivity index (χ4v) is 3.63. The number of nitrogens with zero attached hydrogens (tertiary/aromatic N) is 1. The minimum absolute atomic E-state index is 0.0184. The zero-order valence-electron chi connectivity index (χ0n) is 13.3. The third-order valence-electron chi connectivity index (χ3n) is 3.75. The van der Waals surface area contributed by atoms with E-state index in [0.29, 0.717) is 5.69 Å². The normalized spacial score (nSPS) is 12.1. The molecule has 0 spiro atoms. The molecular weight excluding hydrogens is 373 g/mol. The second-order valence-electron chi connectivity index (χ2n) is 5.81. The van der Waals surface area contributed by atoms with Crippen LogP contribution in [0.1, 0.15) is 35.9 Å². The molecule has 0 aliphatic heterocycles. The maximum atomic E-state index is 12.9. The van der Waals surface area contributed by atoms with Crippen LogP contribution in [0.4, 0.5) is 18.9 Å². The lowest BCUT2D eigenvalue weighted by atomic mass is 10.2. The Bertz CT molecular complexity index is 943. The standard InChI is InChI=1S/C17H14ClF3N2OS/c1-9(2)23-13-5-6-25-15(13)8-14(23)16(24)22-12-7-10(17(19,20)21)3-4-11(12)18/h3-9H,1-2H3,(H,22,24). The molecule has 2 heterocycles. The number of alkyl halides is 3. The summed E-state index contributed by atoms with van der Waals surface area (Å²) in [6, 6.07) is 6.51. The summed E-state index contributed by atoms with van der Waals surface area (Å²) < 4.78 is 41.4. The summed E-state index contributed by atoms with van der Waals surface area (Å²) >= 11 is 7.45. The number of benzene rings is 1. The molecule has 0 radical (unpaired) electrons. The van der Waals surface area contributed by atoms with E-state index < -0.39 is 17.6 Å². The number of carbonyl (C=O) groups excluding carboxylic acids is 1. The van der Waals surface area contributed by atoms with Gasteiger partial charge in [-0.2, -0.15) is 13.2 Å². The van der Waals surface area contributed by atoms with E-state index in [9.17, 15) is 18.0 Å². The quantitative estimate of drug-likeness (QED) is 0.570. The van der Waals surface area contributed by atoms with Gasteiger partial charge < -0.3 is 9.88 Å². The minimum Gasteiger partial charge on any atom is -0.333 e. The minimum atomic E-state index is -4.51. The maximum absolute atomic E-state index is 12.9. The highest BCUT2D eigenvalue weighted by molar-refractivity contribution is 7.17. The second-order valence-corrected chi connectivity index (χ2v) is 7.16. The van der Waals surface area contributed by atoms with E-state index in [1.165, 1.54) is 11.3 Å². The van der Waals surface area contributed by atoms with Crippen LogP contribution in [0.3, 0.4) is 0 Å². The first kappa shape index (κ1) is 17.8. The predicted octanol–water partition coefficient (Wildman–Crippen LogP) is 6.21. The lowest BCUT2D eigenvalue weighted by Gasteiger charge is -2.15. The average molecular weight is 387 g/mol. The van der Waals surface area contributed by atoms with Crippen molar-refractivity contribution in [3.63, 3.8) is 0 Å². The molecule has 0 unspecified atom stereocenters. The van der Waals surface area contributed by atoms with Crippen molar-refractivity contribution >= 4 is 44.7 Å². The Morgan fingerprint density at radius 1 is 1.24 bits per heavy atom. The van der Waals surface area contributed by atoms with Gasteiger partial charge in [-0.1, -0.05) is 11.6 Å². The molecule has 0 atom stereocenters. The first-order valence-electron chi connectivity index (χ1n) is 7.45. The van der Waals surface area contributed by atoms with Crippen LogP contribution in [0.2, 0.25) is 5.02 Å². The number of amides is 1. The molecule has 25 heavy (non-hydrogen) atoms. The van der Waals surface area contributed by atoms with Crippen molar-refractivity contribution < 1.29 is 18.0 Å². The highest BCUT2D eigenvalue weighted by Crippen LogP contribution is 2.34. The van der Waals surface area contributed by atoms with Gasteiger partial charge in [0, 0.05) is 6.04 Å². The van der Waals surface area contributed by atoms with Gasteiger partial charge in [-0.3, -0.25) is 4.79 Å². The van der Waals surface area contributed by atoms with Crippen LogP contribution in [0.5, 0.6) is 0 Å². The number of hydrogen-bond donors (Lipinski definition) is 1. The van der Waals surface area contributed by atoms with Gasteiger partial charge in [0.1, 0.15) is 5.69 Å². The Balaban J connectivity index is 1.98. The molecule has 0 aliphatic carbocycles. The Kier molecular flexibility index (Phi) is 4.55. The number of rotatable bonds is 3. The lowest BCUT2D eigenvalue weighted by Crippen LogP contribution is -2.18. The maximum Gasteiger partial charge on any atom is 0.416 e. The molecule has 1 N–H and O–H groups in total. The molecule has 0 aliphatic rings. The molecule has 0 fully saturated rings. The van der Waals surface area contributed by atoms with Gasteiger partial charge in [0.2, 0.25) is 0 Å². The van der Waals surface area contributed by atoms with Crippen molar-refractivity contribution in [2.75, 3.05) is 5.32 Å². The number of thiophene rings is 1. The fraction of sp³-hybridized carbons (Fsp3) is 0.235. The molecule has 8 heteroatoms. The first-order chi connectivity index (χ1) is 11.7. The summed E-state index contributed by atoms with van der Waals surface area (Å²) in [4.78, 5) is 12.7. The summed E-state index contributed by atoms with van der Waals surface area (Å²) in [5, 5.41) is 4.47. The first-order valence-corrected chi connectivity index (χ1v) is 8.71. The molecule has 3 aromatic rings. The summed E-state index contributed by atoms with van der Waals surface area (Å²) in [5.41, 5.74) is 0.361. The number of hydrogen-bond acceptors (Lipinski definition) is 2. The van der Waals surface area contributed by atoms with E-state index in [2.05, 4.69) is 5.32 Å². The Morgan fingerprint density at radius 2 is 1.96 bits per heavy atom. The lowest BCUT2D eigenvalue weighted by molar-refractivity contribution is -0.137. The van der Waals surface area contributed by atoms with Crippen LogP contribution in [0, 0.1) is 0 Å². The SMILES string of the molecule is CC(C)n1c(C(=O)Nc2cc(C(F)(F)F)ccc2Cl)cc2sccc21. The van der Waals surface area contributed by atoms with Crippen molar-refractivity contribution in [2.24, 2.45) is 0 Å². The Morgan fingerprint density at radius 3 is 2.60 bits per heavy atom. The van der Waals surface area contributed by atoms with Gasteiger partial charge in [-0.05, 0) is 49.6 Å². The van der Waals surface area contributed by atoms with Crippen LogP contribution in [-0.2, 0) is 6.18 Å².